The summed E-state index contributed by atoms with van der Waals surface area (Å²) in [6.07, 6.45) is 5.76. The van der Waals surface area contributed by atoms with Gasteiger partial charge in [0.05, 0.1) is 5.25 Å². The van der Waals surface area contributed by atoms with Crippen molar-refractivity contribution in [1.82, 2.24) is 4.90 Å². The quantitative estimate of drug-likeness (QED) is 0.826. The van der Waals surface area contributed by atoms with E-state index in [4.69, 9.17) is 12.2 Å². The topological polar surface area (TPSA) is 49.4 Å². The Labute approximate surface area is 152 Å². The van der Waals surface area contributed by atoms with Crippen molar-refractivity contribution in [3.05, 3.63) is 29.8 Å². The summed E-state index contributed by atoms with van der Waals surface area (Å²) in [6.45, 7) is 1.98. The number of thiocarbonyl (C=S) groups is 1. The molecule has 1 aromatic rings. The third-order valence-electron chi connectivity index (χ3n) is 4.57. The number of carbonyl (C=O) groups excluding carboxylic acids is 2. The summed E-state index contributed by atoms with van der Waals surface area (Å²) in [5.74, 6) is -0.129. The van der Waals surface area contributed by atoms with Crippen LogP contribution in [-0.2, 0) is 9.59 Å². The molecule has 4 nitrogen and oxygen atoms in total. The van der Waals surface area contributed by atoms with E-state index in [9.17, 15) is 9.59 Å². The Morgan fingerprint density at radius 2 is 2.08 bits per heavy atom. The van der Waals surface area contributed by atoms with Crippen molar-refractivity contribution in [2.75, 3.05) is 5.32 Å². The largest absolute Gasteiger partial charge is 0.326 e. The Kier molecular flexibility index (Phi) is 5.56. The van der Waals surface area contributed by atoms with Crippen LogP contribution < -0.4 is 5.32 Å². The van der Waals surface area contributed by atoms with Crippen LogP contribution >= 0.6 is 24.0 Å². The molecule has 0 radical (unpaired) electrons. The fraction of sp³-hybridized carbons (Fsp3) is 0.500. The van der Waals surface area contributed by atoms with Crippen molar-refractivity contribution in [3.8, 4) is 0 Å². The molecule has 1 aliphatic carbocycles. The number of benzene rings is 1. The summed E-state index contributed by atoms with van der Waals surface area (Å²) < 4.78 is 0.639. The van der Waals surface area contributed by atoms with E-state index >= 15 is 0 Å². The second-order valence-electron chi connectivity index (χ2n) is 6.49. The highest BCUT2D eigenvalue weighted by molar-refractivity contribution is 8.24. The highest BCUT2D eigenvalue weighted by atomic mass is 32.2. The van der Waals surface area contributed by atoms with E-state index < -0.39 is 0 Å². The number of rotatable bonds is 4. The van der Waals surface area contributed by atoms with Gasteiger partial charge in [-0.2, -0.15) is 0 Å². The van der Waals surface area contributed by atoms with Gasteiger partial charge in [-0.25, -0.2) is 0 Å². The molecule has 3 rings (SSSR count). The van der Waals surface area contributed by atoms with Crippen LogP contribution in [0.4, 0.5) is 5.69 Å². The predicted octanol–water partition coefficient (Wildman–Crippen LogP) is 3.89. The minimum absolute atomic E-state index is 0.0105. The van der Waals surface area contributed by atoms with E-state index in [2.05, 4.69) is 5.32 Å². The molecule has 0 spiro atoms. The molecule has 2 aliphatic rings. The molecular weight excluding hydrogens is 340 g/mol. The number of nitrogens with one attached hydrogen (secondary N) is 1. The molecule has 6 heteroatoms. The van der Waals surface area contributed by atoms with Gasteiger partial charge in [-0.3, -0.25) is 14.5 Å². The van der Waals surface area contributed by atoms with E-state index in [0.717, 1.165) is 36.9 Å². The van der Waals surface area contributed by atoms with Crippen LogP contribution in [0, 0.1) is 6.92 Å². The van der Waals surface area contributed by atoms with Gasteiger partial charge in [-0.15, -0.1) is 0 Å². The zero-order valence-corrected chi connectivity index (χ0v) is 15.4. The standard InChI is InChI=1S/C18H22N2O2S2/c1-12-6-5-7-13(10-12)19-16(21)11-15-17(22)20(18(23)24-15)14-8-3-2-4-9-14/h5-7,10,14-15H,2-4,8-9,11H2,1H3,(H,19,21). The van der Waals surface area contributed by atoms with E-state index in [1.165, 1.54) is 18.2 Å². The van der Waals surface area contributed by atoms with Crippen LogP contribution in [0.1, 0.15) is 44.1 Å². The lowest BCUT2D eigenvalue weighted by molar-refractivity contribution is -0.129. The number of amides is 2. The number of aryl methyl sites for hydroxylation is 1. The smallest absolute Gasteiger partial charge is 0.242 e. The second kappa shape index (κ2) is 7.66. The highest BCUT2D eigenvalue weighted by Gasteiger charge is 2.41. The van der Waals surface area contributed by atoms with Crippen molar-refractivity contribution in [3.63, 3.8) is 0 Å². The van der Waals surface area contributed by atoms with Crippen molar-refractivity contribution >= 4 is 45.8 Å². The molecule has 128 valence electrons. The van der Waals surface area contributed by atoms with Gasteiger partial charge in [-0.05, 0) is 37.5 Å². The van der Waals surface area contributed by atoms with E-state index in [1.54, 1.807) is 4.90 Å². The molecule has 0 bridgehead atoms. The van der Waals surface area contributed by atoms with Crippen LogP contribution in [-0.4, -0.2) is 32.3 Å². The van der Waals surface area contributed by atoms with Crippen molar-refractivity contribution in [2.45, 2.75) is 56.7 Å². The maximum Gasteiger partial charge on any atom is 0.242 e. The summed E-state index contributed by atoms with van der Waals surface area (Å²) in [5.41, 5.74) is 1.85. The normalized spacial score (nSPS) is 22.0. The van der Waals surface area contributed by atoms with Crippen LogP contribution in [0.15, 0.2) is 24.3 Å². The zero-order chi connectivity index (χ0) is 17.1. The molecule has 2 amide bonds. The summed E-state index contributed by atoms with van der Waals surface area (Å²) in [7, 11) is 0. The zero-order valence-electron chi connectivity index (χ0n) is 13.8. The Morgan fingerprint density at radius 3 is 2.79 bits per heavy atom. The molecule has 1 saturated carbocycles. The number of carbonyl (C=O) groups is 2. The van der Waals surface area contributed by atoms with E-state index in [1.807, 2.05) is 31.2 Å². The molecule has 1 aromatic carbocycles. The highest BCUT2D eigenvalue weighted by Crippen LogP contribution is 2.35. The molecule has 1 N–H and O–H groups in total. The van der Waals surface area contributed by atoms with Crippen LogP contribution in [0.5, 0.6) is 0 Å². The van der Waals surface area contributed by atoms with Crippen LogP contribution in [0.3, 0.4) is 0 Å². The third-order valence-corrected chi connectivity index (χ3v) is 6.10. The minimum atomic E-state index is -0.385. The van der Waals surface area contributed by atoms with Crippen LogP contribution in [0.25, 0.3) is 0 Å². The molecule has 1 unspecified atom stereocenters. The molecular formula is C18H22N2O2S2. The number of thioether (sulfide) groups is 1. The first kappa shape index (κ1) is 17.4. The Balaban J connectivity index is 1.60. The van der Waals surface area contributed by atoms with Gasteiger partial charge >= 0.3 is 0 Å². The number of hydrogen-bond donors (Lipinski definition) is 1. The van der Waals surface area contributed by atoms with Gasteiger partial charge in [0.1, 0.15) is 4.32 Å². The fourth-order valence-corrected chi connectivity index (χ4v) is 5.01. The fourth-order valence-electron chi connectivity index (χ4n) is 3.37. The molecule has 1 atom stereocenters. The molecule has 1 heterocycles. The number of hydrogen-bond acceptors (Lipinski definition) is 4. The lowest BCUT2D eigenvalue weighted by Crippen LogP contribution is -2.42. The first-order valence-corrected chi connectivity index (χ1v) is 9.73. The van der Waals surface area contributed by atoms with Gasteiger partial charge in [0.2, 0.25) is 11.8 Å². The summed E-state index contributed by atoms with van der Waals surface area (Å²) in [5, 5.41) is 2.49. The predicted molar refractivity (Wildman–Crippen MR) is 102 cm³/mol. The molecule has 24 heavy (non-hydrogen) atoms. The number of anilines is 1. The summed E-state index contributed by atoms with van der Waals surface area (Å²) >= 11 is 6.78. The molecule has 0 aromatic heterocycles. The van der Waals surface area contributed by atoms with Crippen molar-refractivity contribution in [2.24, 2.45) is 0 Å². The average Bonchev–Trinajstić information content (AvgIpc) is 2.82. The molecule has 1 aliphatic heterocycles. The van der Waals surface area contributed by atoms with Gasteiger partial charge in [0.25, 0.3) is 0 Å². The van der Waals surface area contributed by atoms with Crippen LogP contribution in [0.2, 0.25) is 0 Å². The second-order valence-corrected chi connectivity index (χ2v) is 8.33. The lowest BCUT2D eigenvalue weighted by Gasteiger charge is -2.30. The van der Waals surface area contributed by atoms with E-state index in [-0.39, 0.29) is 29.5 Å². The van der Waals surface area contributed by atoms with Gasteiger partial charge < -0.3 is 5.32 Å². The maximum absolute atomic E-state index is 12.7. The third kappa shape index (κ3) is 3.98. The Bertz CT molecular complexity index is 656. The average molecular weight is 363 g/mol. The number of nitrogens with zero attached hydrogens (tertiary/aromatic N) is 1. The first-order chi connectivity index (χ1) is 11.5. The van der Waals surface area contributed by atoms with Gasteiger partial charge in [0.15, 0.2) is 0 Å². The molecule has 1 saturated heterocycles. The lowest BCUT2D eigenvalue weighted by atomic mass is 9.94. The van der Waals surface area contributed by atoms with Gasteiger partial charge in [0, 0.05) is 18.2 Å². The Morgan fingerprint density at radius 1 is 1.33 bits per heavy atom. The van der Waals surface area contributed by atoms with E-state index in [0.29, 0.717) is 4.32 Å². The minimum Gasteiger partial charge on any atom is -0.326 e. The first-order valence-electron chi connectivity index (χ1n) is 8.45. The summed E-state index contributed by atoms with van der Waals surface area (Å²) in [4.78, 5) is 26.8. The maximum atomic E-state index is 12.7. The van der Waals surface area contributed by atoms with Crippen molar-refractivity contribution in [1.29, 1.82) is 0 Å². The molecule has 2 fully saturated rings. The van der Waals surface area contributed by atoms with Crippen molar-refractivity contribution < 1.29 is 9.59 Å². The SMILES string of the molecule is Cc1cccc(NC(=O)CC2SC(=S)N(C3CCCCC3)C2=O)c1. The monoisotopic (exact) mass is 362 g/mol. The Hall–Kier alpha value is -1.40. The van der Waals surface area contributed by atoms with Gasteiger partial charge in [-0.1, -0.05) is 55.4 Å². The summed E-state index contributed by atoms with van der Waals surface area (Å²) in [6, 6.07) is 7.89.